The molecule has 1 N–H and O–H groups in total. The van der Waals surface area contributed by atoms with Crippen LogP contribution in [0, 0.1) is 17.5 Å². The number of carbonyl (C=O) groups is 1. The summed E-state index contributed by atoms with van der Waals surface area (Å²) in [4.78, 5) is 11.3. The lowest BCUT2D eigenvalue weighted by Crippen LogP contribution is -2.17. The number of hydrogen-bond acceptors (Lipinski definition) is 3. The summed E-state index contributed by atoms with van der Waals surface area (Å²) < 4.78 is 39.4. The van der Waals surface area contributed by atoms with Crippen molar-refractivity contribution in [2.24, 2.45) is 0 Å². The maximum atomic E-state index is 13.3. The largest absolute Gasteiger partial charge is 0.307 e. The van der Waals surface area contributed by atoms with E-state index in [1.165, 1.54) is 0 Å². The minimum atomic E-state index is -1.07. The Morgan fingerprint density at radius 3 is 2.29 bits per heavy atom. The molecule has 0 aliphatic carbocycles. The first-order valence-electron chi connectivity index (χ1n) is 4.37. The van der Waals surface area contributed by atoms with Crippen LogP contribution in [0.4, 0.5) is 13.2 Å². The molecule has 0 bridgehead atoms. The molecule has 1 saturated heterocycles. The van der Waals surface area contributed by atoms with Gasteiger partial charge in [-0.1, -0.05) is 24.0 Å². The minimum Gasteiger partial charge on any atom is -0.307 e. The summed E-state index contributed by atoms with van der Waals surface area (Å²) in [6, 6.07) is 1.09. The maximum absolute atomic E-state index is 13.3. The van der Waals surface area contributed by atoms with Gasteiger partial charge in [-0.25, -0.2) is 13.2 Å². The summed E-state index contributed by atoms with van der Waals surface area (Å²) in [5.41, 5.74) is -0.464. The zero-order chi connectivity index (χ0) is 12.6. The van der Waals surface area contributed by atoms with Crippen molar-refractivity contribution in [3.05, 3.63) is 40.1 Å². The highest BCUT2D eigenvalue weighted by atomic mass is 32.2. The fraction of sp³-hybridized carbons (Fsp3) is 0. The van der Waals surface area contributed by atoms with Crippen LogP contribution >= 0.6 is 24.0 Å². The highest BCUT2D eigenvalue weighted by molar-refractivity contribution is 8.26. The summed E-state index contributed by atoms with van der Waals surface area (Å²) in [5, 5.41) is 2.31. The van der Waals surface area contributed by atoms with E-state index < -0.39 is 28.9 Å². The molecule has 2 rings (SSSR count). The van der Waals surface area contributed by atoms with E-state index >= 15 is 0 Å². The van der Waals surface area contributed by atoms with Crippen molar-refractivity contribution in [3.8, 4) is 0 Å². The smallest absolute Gasteiger partial charge is 0.263 e. The molecule has 2 nitrogen and oxygen atoms in total. The van der Waals surface area contributed by atoms with Gasteiger partial charge in [0.15, 0.2) is 0 Å². The Kier molecular flexibility index (Phi) is 3.21. The van der Waals surface area contributed by atoms with Gasteiger partial charge < -0.3 is 5.32 Å². The highest BCUT2D eigenvalue weighted by Crippen LogP contribution is 2.27. The number of carbonyl (C=O) groups excluding carboxylic acids is 1. The lowest BCUT2D eigenvalue weighted by Gasteiger charge is -2.00. The van der Waals surface area contributed by atoms with E-state index in [1.807, 2.05) is 0 Å². The van der Waals surface area contributed by atoms with Crippen LogP contribution in [0.15, 0.2) is 17.0 Å². The van der Waals surface area contributed by atoms with Crippen LogP contribution in [0.3, 0.4) is 0 Å². The molecule has 0 atom stereocenters. The molecule has 1 aromatic carbocycles. The second-order valence-corrected chi connectivity index (χ2v) is 4.85. The van der Waals surface area contributed by atoms with Crippen LogP contribution in [-0.4, -0.2) is 10.2 Å². The molecule has 1 amide bonds. The predicted molar refractivity (Wildman–Crippen MR) is 62.6 cm³/mol. The van der Waals surface area contributed by atoms with Crippen LogP contribution in [0.25, 0.3) is 6.08 Å². The fourth-order valence-corrected chi connectivity index (χ4v) is 2.27. The molecule has 0 radical (unpaired) electrons. The second-order valence-electron chi connectivity index (χ2n) is 3.14. The molecular formula is C10H4F3NOS2. The Morgan fingerprint density at radius 2 is 1.82 bits per heavy atom. The first-order chi connectivity index (χ1) is 7.97. The van der Waals surface area contributed by atoms with Gasteiger partial charge in [0.2, 0.25) is 0 Å². The molecule has 88 valence electrons. The number of hydrogen-bond donors (Lipinski definition) is 1. The summed E-state index contributed by atoms with van der Waals surface area (Å²) in [7, 11) is 0. The number of rotatable bonds is 1. The number of thiocarbonyl (C=S) groups is 1. The third-order valence-electron chi connectivity index (χ3n) is 1.96. The molecular weight excluding hydrogens is 271 g/mol. The zero-order valence-corrected chi connectivity index (χ0v) is 9.72. The van der Waals surface area contributed by atoms with E-state index in [0.29, 0.717) is 12.1 Å². The molecule has 0 saturated carbocycles. The van der Waals surface area contributed by atoms with Crippen molar-refractivity contribution in [1.82, 2.24) is 5.32 Å². The van der Waals surface area contributed by atoms with Gasteiger partial charge in [0, 0.05) is 17.7 Å². The Labute approximate surface area is 104 Å². The molecule has 17 heavy (non-hydrogen) atoms. The lowest BCUT2D eigenvalue weighted by molar-refractivity contribution is -0.115. The second kappa shape index (κ2) is 4.50. The van der Waals surface area contributed by atoms with Gasteiger partial charge in [0.05, 0.1) is 4.91 Å². The summed E-state index contributed by atoms with van der Waals surface area (Å²) >= 11 is 5.61. The lowest BCUT2D eigenvalue weighted by atomic mass is 10.1. The molecule has 1 aliphatic rings. The van der Waals surface area contributed by atoms with Gasteiger partial charge in [0.1, 0.15) is 21.8 Å². The first-order valence-corrected chi connectivity index (χ1v) is 5.59. The minimum absolute atomic E-state index is 0.0689. The third kappa shape index (κ3) is 2.50. The van der Waals surface area contributed by atoms with Gasteiger partial charge >= 0.3 is 0 Å². The van der Waals surface area contributed by atoms with Gasteiger partial charge in [0.25, 0.3) is 5.91 Å². The normalized spacial score (nSPS) is 17.7. The average molecular weight is 275 g/mol. The maximum Gasteiger partial charge on any atom is 0.263 e. The van der Waals surface area contributed by atoms with Crippen LogP contribution in [0.1, 0.15) is 5.56 Å². The molecule has 1 aromatic rings. The topological polar surface area (TPSA) is 29.1 Å². The molecule has 1 heterocycles. The summed E-state index contributed by atoms with van der Waals surface area (Å²) in [5.74, 6) is -3.67. The summed E-state index contributed by atoms with van der Waals surface area (Å²) in [6.45, 7) is 0. The van der Waals surface area contributed by atoms with E-state index in [9.17, 15) is 18.0 Å². The number of thioether (sulfide) groups is 1. The Bertz CT molecular complexity index is 533. The highest BCUT2D eigenvalue weighted by Gasteiger charge is 2.23. The Morgan fingerprint density at radius 1 is 1.24 bits per heavy atom. The molecule has 0 aromatic heterocycles. The Balaban J connectivity index is 2.46. The molecule has 0 spiro atoms. The van der Waals surface area contributed by atoms with Crippen molar-refractivity contribution < 1.29 is 18.0 Å². The first kappa shape index (κ1) is 12.1. The quantitative estimate of drug-likeness (QED) is 0.631. The van der Waals surface area contributed by atoms with E-state index in [1.54, 1.807) is 0 Å². The Hall–Kier alpha value is -1.34. The van der Waals surface area contributed by atoms with E-state index in [2.05, 4.69) is 5.32 Å². The predicted octanol–water partition coefficient (Wildman–Crippen LogP) is 2.59. The van der Waals surface area contributed by atoms with Crippen LogP contribution in [0.2, 0.25) is 0 Å². The van der Waals surface area contributed by atoms with E-state index in [4.69, 9.17) is 12.2 Å². The fourth-order valence-electron chi connectivity index (χ4n) is 1.24. The SMILES string of the molecule is O=C1NC(=S)SC1=Cc1c(F)cc(F)cc1F. The number of amides is 1. The standard InChI is InChI=1S/C10H4F3NOS2/c11-4-1-6(12)5(7(13)2-4)3-8-9(15)14-10(16)17-8/h1-3H,(H,14,15,16). The molecule has 7 heteroatoms. The number of nitrogens with one attached hydrogen (secondary N) is 1. The monoisotopic (exact) mass is 275 g/mol. The zero-order valence-electron chi connectivity index (χ0n) is 8.09. The van der Waals surface area contributed by atoms with E-state index in [0.717, 1.165) is 17.8 Å². The van der Waals surface area contributed by atoms with Crippen molar-refractivity contribution in [2.45, 2.75) is 0 Å². The average Bonchev–Trinajstić information content (AvgIpc) is 2.51. The van der Waals surface area contributed by atoms with Gasteiger partial charge in [-0.05, 0) is 6.08 Å². The van der Waals surface area contributed by atoms with Gasteiger partial charge in [-0.15, -0.1) is 0 Å². The van der Waals surface area contributed by atoms with Crippen molar-refractivity contribution in [2.75, 3.05) is 0 Å². The van der Waals surface area contributed by atoms with Crippen molar-refractivity contribution >= 4 is 40.3 Å². The van der Waals surface area contributed by atoms with Crippen LogP contribution in [0.5, 0.6) is 0 Å². The van der Waals surface area contributed by atoms with E-state index in [-0.39, 0.29) is 9.23 Å². The molecule has 0 unspecified atom stereocenters. The van der Waals surface area contributed by atoms with Crippen molar-refractivity contribution in [3.63, 3.8) is 0 Å². The number of benzene rings is 1. The van der Waals surface area contributed by atoms with Crippen LogP contribution < -0.4 is 5.32 Å². The summed E-state index contributed by atoms with van der Waals surface area (Å²) in [6.07, 6.45) is 1.00. The molecule has 1 fully saturated rings. The third-order valence-corrected chi connectivity index (χ3v) is 3.12. The van der Waals surface area contributed by atoms with Crippen molar-refractivity contribution in [1.29, 1.82) is 0 Å². The van der Waals surface area contributed by atoms with Crippen LogP contribution in [-0.2, 0) is 4.79 Å². The van der Waals surface area contributed by atoms with Gasteiger partial charge in [-0.3, -0.25) is 4.79 Å². The number of halogens is 3. The van der Waals surface area contributed by atoms with Gasteiger partial charge in [-0.2, -0.15) is 0 Å². The molecule has 1 aliphatic heterocycles.